The number of para-hydroxylation sites is 1. The average molecular weight is 301 g/mol. The molecule has 0 amide bonds. The molecule has 1 aromatic carbocycles. The molecule has 0 bridgehead atoms. The Balaban J connectivity index is 2.58. The Hall–Kier alpha value is -2.63. The zero-order chi connectivity index (χ0) is 16.3. The van der Waals surface area contributed by atoms with Crippen molar-refractivity contribution in [1.82, 2.24) is 9.66 Å². The van der Waals surface area contributed by atoms with Gasteiger partial charge < -0.3 is 10.2 Å². The van der Waals surface area contributed by atoms with E-state index in [0.29, 0.717) is 28.7 Å². The monoisotopic (exact) mass is 301 g/mol. The molecule has 0 aliphatic rings. The zero-order valence-electron chi connectivity index (χ0n) is 12.9. The van der Waals surface area contributed by atoms with Gasteiger partial charge in [0.15, 0.2) is 6.04 Å². The molecule has 1 unspecified atom stereocenters. The highest BCUT2D eigenvalue weighted by molar-refractivity contribution is 5.81. The quantitative estimate of drug-likeness (QED) is 0.671. The van der Waals surface area contributed by atoms with Crippen LogP contribution in [0.5, 0.6) is 0 Å². The molecule has 2 aromatic rings. The molecular weight excluding hydrogens is 282 g/mol. The molecule has 0 aliphatic heterocycles. The third-order valence-corrected chi connectivity index (χ3v) is 3.35. The van der Waals surface area contributed by atoms with Gasteiger partial charge in [-0.2, -0.15) is 0 Å². The lowest BCUT2D eigenvalue weighted by molar-refractivity contribution is -0.140. The van der Waals surface area contributed by atoms with Crippen LogP contribution in [0.3, 0.4) is 0 Å². The number of ether oxygens (including phenoxy) is 1. The average Bonchev–Trinajstić information content (AvgIpc) is 2.52. The van der Waals surface area contributed by atoms with Gasteiger partial charge >= 0.3 is 5.97 Å². The number of carbonyl (C=O) groups is 1. The Kier molecular flexibility index (Phi) is 4.60. The molecule has 6 heteroatoms. The van der Waals surface area contributed by atoms with Crippen molar-refractivity contribution in [2.24, 2.45) is 0 Å². The van der Waals surface area contributed by atoms with Crippen LogP contribution in [-0.4, -0.2) is 28.8 Å². The standard InChI is InChI=1S/C16H19N3O3/c1-5-13-17-12-9-7-6-8-11(12)15(20)19(13)18-14(10(2)3)16(21)22-4/h6-9,14,18H,2,5H2,1,3-4H3. The number of aromatic nitrogens is 2. The summed E-state index contributed by atoms with van der Waals surface area (Å²) in [6.45, 7) is 7.35. The summed E-state index contributed by atoms with van der Waals surface area (Å²) < 4.78 is 6.05. The largest absolute Gasteiger partial charge is 0.467 e. The Bertz CT molecular complexity index is 780. The van der Waals surface area contributed by atoms with Gasteiger partial charge in [0.1, 0.15) is 5.82 Å². The highest BCUT2D eigenvalue weighted by Crippen LogP contribution is 2.09. The number of aryl methyl sites for hydroxylation is 1. The third kappa shape index (κ3) is 2.86. The number of hydrogen-bond acceptors (Lipinski definition) is 5. The van der Waals surface area contributed by atoms with Gasteiger partial charge in [0, 0.05) is 6.42 Å². The molecule has 22 heavy (non-hydrogen) atoms. The van der Waals surface area contributed by atoms with Crippen molar-refractivity contribution in [2.45, 2.75) is 26.3 Å². The first-order valence-electron chi connectivity index (χ1n) is 7.00. The molecule has 1 atom stereocenters. The summed E-state index contributed by atoms with van der Waals surface area (Å²) in [6, 6.07) is 6.29. The predicted molar refractivity (Wildman–Crippen MR) is 85.4 cm³/mol. The normalized spacial score (nSPS) is 12.0. The molecule has 0 fully saturated rings. The first-order valence-corrected chi connectivity index (χ1v) is 7.00. The Morgan fingerprint density at radius 2 is 2.14 bits per heavy atom. The number of fused-ring (bicyclic) bond motifs is 1. The Morgan fingerprint density at radius 1 is 1.45 bits per heavy atom. The molecular formula is C16H19N3O3. The molecule has 1 heterocycles. The summed E-state index contributed by atoms with van der Waals surface area (Å²) in [5.41, 5.74) is 3.81. The van der Waals surface area contributed by atoms with Crippen molar-refractivity contribution in [3.8, 4) is 0 Å². The number of nitrogens with one attached hydrogen (secondary N) is 1. The second kappa shape index (κ2) is 6.43. The molecule has 0 saturated carbocycles. The van der Waals surface area contributed by atoms with Crippen molar-refractivity contribution >= 4 is 16.9 Å². The fourth-order valence-electron chi connectivity index (χ4n) is 2.16. The summed E-state index contributed by atoms with van der Waals surface area (Å²) in [4.78, 5) is 29.0. The van der Waals surface area contributed by atoms with Crippen LogP contribution in [0.15, 0.2) is 41.2 Å². The highest BCUT2D eigenvalue weighted by atomic mass is 16.5. The minimum absolute atomic E-state index is 0.252. The molecule has 1 N–H and O–H groups in total. The molecule has 2 rings (SSSR count). The predicted octanol–water partition coefficient (Wildman–Crippen LogP) is 1.62. The number of esters is 1. The summed E-state index contributed by atoms with van der Waals surface area (Å²) in [5.74, 6) is 0.0356. The molecule has 116 valence electrons. The molecule has 6 nitrogen and oxygen atoms in total. The number of rotatable bonds is 5. The van der Waals surface area contributed by atoms with E-state index in [4.69, 9.17) is 4.74 Å². The van der Waals surface area contributed by atoms with Crippen molar-refractivity contribution in [3.63, 3.8) is 0 Å². The minimum Gasteiger partial charge on any atom is -0.467 e. The Labute approximate surface area is 128 Å². The van der Waals surface area contributed by atoms with Crippen molar-refractivity contribution in [1.29, 1.82) is 0 Å². The van der Waals surface area contributed by atoms with Crippen LogP contribution < -0.4 is 11.0 Å². The van der Waals surface area contributed by atoms with E-state index in [1.165, 1.54) is 11.8 Å². The van der Waals surface area contributed by atoms with Crippen LogP contribution in [0.4, 0.5) is 0 Å². The maximum atomic E-state index is 12.7. The van der Waals surface area contributed by atoms with Crippen molar-refractivity contribution < 1.29 is 9.53 Å². The summed E-state index contributed by atoms with van der Waals surface area (Å²) >= 11 is 0. The fourth-order valence-corrected chi connectivity index (χ4v) is 2.16. The highest BCUT2D eigenvalue weighted by Gasteiger charge is 2.22. The topological polar surface area (TPSA) is 73.2 Å². The van der Waals surface area contributed by atoms with Gasteiger partial charge in [-0.3, -0.25) is 4.79 Å². The van der Waals surface area contributed by atoms with E-state index in [1.807, 2.05) is 13.0 Å². The van der Waals surface area contributed by atoms with E-state index in [0.717, 1.165) is 0 Å². The van der Waals surface area contributed by atoms with E-state index in [9.17, 15) is 9.59 Å². The van der Waals surface area contributed by atoms with Gasteiger partial charge in [-0.25, -0.2) is 14.5 Å². The lowest BCUT2D eigenvalue weighted by Crippen LogP contribution is -2.43. The number of methoxy groups -OCH3 is 1. The van der Waals surface area contributed by atoms with Gasteiger partial charge in [0.05, 0.1) is 18.0 Å². The Morgan fingerprint density at radius 3 is 2.73 bits per heavy atom. The van der Waals surface area contributed by atoms with Crippen LogP contribution in [0, 0.1) is 0 Å². The minimum atomic E-state index is -0.809. The molecule has 0 radical (unpaired) electrons. The van der Waals surface area contributed by atoms with Crippen LogP contribution in [0.25, 0.3) is 10.9 Å². The van der Waals surface area contributed by atoms with Gasteiger partial charge in [0.25, 0.3) is 5.56 Å². The van der Waals surface area contributed by atoms with Gasteiger partial charge in [-0.1, -0.05) is 25.6 Å². The summed E-state index contributed by atoms with van der Waals surface area (Å²) in [6.07, 6.45) is 0.539. The lowest BCUT2D eigenvalue weighted by atomic mass is 10.1. The van der Waals surface area contributed by atoms with Crippen LogP contribution >= 0.6 is 0 Å². The van der Waals surface area contributed by atoms with Crippen molar-refractivity contribution in [2.75, 3.05) is 12.5 Å². The van der Waals surface area contributed by atoms with Gasteiger partial charge in [0.2, 0.25) is 0 Å². The van der Waals surface area contributed by atoms with Gasteiger partial charge in [-0.15, -0.1) is 0 Å². The first kappa shape index (κ1) is 15.8. The summed E-state index contributed by atoms with van der Waals surface area (Å²) in [5, 5.41) is 0.484. The smallest absolute Gasteiger partial charge is 0.334 e. The molecule has 1 aromatic heterocycles. The van der Waals surface area contributed by atoms with Crippen molar-refractivity contribution in [3.05, 3.63) is 52.6 Å². The van der Waals surface area contributed by atoms with Crippen LogP contribution in [0.1, 0.15) is 19.7 Å². The number of carbonyl (C=O) groups excluding carboxylic acids is 1. The third-order valence-electron chi connectivity index (χ3n) is 3.35. The van der Waals surface area contributed by atoms with E-state index < -0.39 is 12.0 Å². The van der Waals surface area contributed by atoms with Crippen LogP contribution in [0.2, 0.25) is 0 Å². The van der Waals surface area contributed by atoms with E-state index in [-0.39, 0.29) is 5.56 Å². The van der Waals surface area contributed by atoms with E-state index >= 15 is 0 Å². The summed E-state index contributed by atoms with van der Waals surface area (Å²) in [7, 11) is 1.29. The maximum absolute atomic E-state index is 12.7. The second-order valence-corrected chi connectivity index (χ2v) is 4.97. The van der Waals surface area contributed by atoms with E-state index in [1.54, 1.807) is 25.1 Å². The second-order valence-electron chi connectivity index (χ2n) is 4.97. The van der Waals surface area contributed by atoms with Gasteiger partial charge in [-0.05, 0) is 24.6 Å². The maximum Gasteiger partial charge on any atom is 0.334 e. The number of hydrogen-bond donors (Lipinski definition) is 1. The lowest BCUT2D eigenvalue weighted by Gasteiger charge is -2.21. The zero-order valence-corrected chi connectivity index (χ0v) is 12.9. The molecule has 0 saturated heterocycles. The molecule has 0 spiro atoms. The van der Waals surface area contributed by atoms with Crippen LogP contribution in [-0.2, 0) is 16.0 Å². The number of nitrogens with zero attached hydrogens (tertiary/aromatic N) is 2. The molecule has 0 aliphatic carbocycles. The first-order chi connectivity index (χ1) is 10.5. The SMILES string of the molecule is C=C(C)C(Nn1c(CC)nc2ccccc2c1=O)C(=O)OC. The fraction of sp³-hybridized carbons (Fsp3) is 0.312. The van der Waals surface area contributed by atoms with E-state index in [2.05, 4.69) is 17.0 Å². The number of benzene rings is 1.